The molecule has 4 rings (SSSR count). The lowest BCUT2D eigenvalue weighted by Gasteiger charge is -2.37. The molecule has 3 aliphatic rings. The summed E-state index contributed by atoms with van der Waals surface area (Å²) < 4.78 is 0. The average molecular weight is 400 g/mol. The quantitative estimate of drug-likeness (QED) is 0.572. The second-order valence-corrected chi connectivity index (χ2v) is 8.32. The van der Waals surface area contributed by atoms with Crippen LogP contribution in [-0.2, 0) is 9.59 Å². The first kappa shape index (κ1) is 19.7. The first-order valence-electron chi connectivity index (χ1n) is 10.6. The molecular weight excluding hydrogens is 372 g/mol. The predicted octanol–water partition coefficient (Wildman–Crippen LogP) is 2.42. The zero-order chi connectivity index (χ0) is 20.4. The topological polar surface area (TPSA) is 87.0 Å². The van der Waals surface area contributed by atoms with Gasteiger partial charge in [0.2, 0.25) is 11.8 Å². The minimum absolute atomic E-state index is 0.0796. The highest BCUT2D eigenvalue weighted by atomic mass is 16.6. The summed E-state index contributed by atoms with van der Waals surface area (Å²) in [5, 5.41) is 10.8. The van der Waals surface area contributed by atoms with E-state index in [0.717, 1.165) is 18.5 Å². The Morgan fingerprint density at radius 3 is 2.28 bits per heavy atom. The van der Waals surface area contributed by atoms with Gasteiger partial charge in [-0.05, 0) is 25.0 Å². The molecule has 8 heteroatoms. The number of nitrogens with zero attached hydrogens (tertiary/aromatic N) is 4. The number of nitro benzene ring substituents is 1. The summed E-state index contributed by atoms with van der Waals surface area (Å²) in [5.74, 6) is 0.0233. The highest BCUT2D eigenvalue weighted by Crippen LogP contribution is 2.30. The molecule has 2 heterocycles. The Hall–Kier alpha value is -2.64. The molecule has 1 aromatic rings. The van der Waals surface area contributed by atoms with Gasteiger partial charge in [-0.15, -0.1) is 0 Å². The van der Waals surface area contributed by atoms with Crippen LogP contribution in [-0.4, -0.2) is 65.3 Å². The second kappa shape index (κ2) is 8.39. The van der Waals surface area contributed by atoms with Gasteiger partial charge in [0, 0.05) is 63.0 Å². The van der Waals surface area contributed by atoms with E-state index in [2.05, 4.69) is 4.90 Å². The summed E-state index contributed by atoms with van der Waals surface area (Å²) in [6.45, 7) is 3.19. The van der Waals surface area contributed by atoms with Crippen molar-refractivity contribution in [2.24, 2.45) is 5.92 Å². The largest absolute Gasteiger partial charge is 0.368 e. The molecule has 8 nitrogen and oxygen atoms in total. The number of likely N-dealkylation sites (tertiary alicyclic amines) is 1. The number of piperazine rings is 1. The molecule has 1 saturated carbocycles. The fourth-order valence-electron chi connectivity index (χ4n) is 4.87. The molecular formula is C21H28N4O4. The van der Waals surface area contributed by atoms with E-state index in [0.29, 0.717) is 45.2 Å². The predicted molar refractivity (Wildman–Crippen MR) is 109 cm³/mol. The molecule has 0 aromatic heterocycles. The van der Waals surface area contributed by atoms with Crippen molar-refractivity contribution >= 4 is 23.2 Å². The molecule has 2 aliphatic heterocycles. The Labute approximate surface area is 170 Å². The standard InChI is InChI=1S/C21H28N4O4/c26-20-14-16(15-24(20)18-4-2-1-3-5-18)21(27)23-12-10-22(11-13-23)17-6-8-19(9-7-17)25(28)29/h6-9,16,18H,1-5,10-15H2/t16-/m0/s1. The van der Waals surface area contributed by atoms with Crippen molar-refractivity contribution in [3.63, 3.8) is 0 Å². The van der Waals surface area contributed by atoms with E-state index >= 15 is 0 Å². The lowest BCUT2D eigenvalue weighted by atomic mass is 9.94. The number of nitro groups is 1. The van der Waals surface area contributed by atoms with Crippen molar-refractivity contribution in [2.75, 3.05) is 37.6 Å². The lowest BCUT2D eigenvalue weighted by molar-refractivity contribution is -0.384. The number of carbonyl (C=O) groups is 2. The van der Waals surface area contributed by atoms with Gasteiger partial charge in [0.25, 0.3) is 5.69 Å². The molecule has 1 aliphatic carbocycles. The van der Waals surface area contributed by atoms with Crippen LogP contribution in [0.4, 0.5) is 11.4 Å². The van der Waals surface area contributed by atoms with Crippen LogP contribution in [0.2, 0.25) is 0 Å². The fourth-order valence-corrected chi connectivity index (χ4v) is 4.87. The van der Waals surface area contributed by atoms with Gasteiger partial charge < -0.3 is 14.7 Å². The van der Waals surface area contributed by atoms with Crippen molar-refractivity contribution in [1.82, 2.24) is 9.80 Å². The third kappa shape index (κ3) is 4.21. The van der Waals surface area contributed by atoms with Crippen LogP contribution >= 0.6 is 0 Å². The van der Waals surface area contributed by atoms with Gasteiger partial charge in [-0.25, -0.2) is 0 Å². The molecule has 156 valence electrons. The van der Waals surface area contributed by atoms with Crippen LogP contribution in [0, 0.1) is 16.0 Å². The highest BCUT2D eigenvalue weighted by Gasteiger charge is 2.40. The summed E-state index contributed by atoms with van der Waals surface area (Å²) in [6, 6.07) is 6.86. The molecule has 0 bridgehead atoms. The van der Waals surface area contributed by atoms with Crippen LogP contribution in [0.5, 0.6) is 0 Å². The number of non-ortho nitro benzene ring substituents is 1. The zero-order valence-corrected chi connectivity index (χ0v) is 16.7. The summed E-state index contributed by atoms with van der Waals surface area (Å²) >= 11 is 0. The molecule has 29 heavy (non-hydrogen) atoms. The number of benzene rings is 1. The third-order valence-corrected chi connectivity index (χ3v) is 6.54. The second-order valence-electron chi connectivity index (χ2n) is 8.32. The molecule has 2 saturated heterocycles. The molecule has 0 spiro atoms. The van der Waals surface area contributed by atoms with Gasteiger partial charge in [0.15, 0.2) is 0 Å². The Kier molecular flexibility index (Phi) is 5.69. The Bertz CT molecular complexity index is 767. The fraction of sp³-hybridized carbons (Fsp3) is 0.619. The maximum Gasteiger partial charge on any atom is 0.269 e. The monoisotopic (exact) mass is 400 g/mol. The zero-order valence-electron chi connectivity index (χ0n) is 16.7. The maximum absolute atomic E-state index is 13.0. The molecule has 0 radical (unpaired) electrons. The summed E-state index contributed by atoms with van der Waals surface area (Å²) in [5.41, 5.74) is 1.01. The first-order valence-corrected chi connectivity index (χ1v) is 10.6. The molecule has 3 fully saturated rings. The van der Waals surface area contributed by atoms with Crippen molar-refractivity contribution in [3.05, 3.63) is 34.4 Å². The SMILES string of the molecule is O=C([C@H]1CC(=O)N(C2CCCCC2)C1)N1CCN(c2ccc([N+](=O)[O-])cc2)CC1. The van der Waals surface area contributed by atoms with Crippen molar-refractivity contribution < 1.29 is 14.5 Å². The van der Waals surface area contributed by atoms with Crippen LogP contribution in [0.25, 0.3) is 0 Å². The van der Waals surface area contributed by atoms with E-state index in [4.69, 9.17) is 0 Å². The van der Waals surface area contributed by atoms with Crippen molar-refractivity contribution in [2.45, 2.75) is 44.6 Å². The number of anilines is 1. The Balaban J connectivity index is 1.31. The lowest BCUT2D eigenvalue weighted by Crippen LogP contribution is -2.50. The van der Waals surface area contributed by atoms with Gasteiger partial charge >= 0.3 is 0 Å². The summed E-state index contributed by atoms with van der Waals surface area (Å²) in [6.07, 6.45) is 6.09. The van der Waals surface area contributed by atoms with Gasteiger partial charge in [0.05, 0.1) is 10.8 Å². The average Bonchev–Trinajstić information content (AvgIpc) is 3.15. The normalized spacial score (nSPS) is 23.5. The van der Waals surface area contributed by atoms with E-state index in [1.807, 2.05) is 9.80 Å². The minimum Gasteiger partial charge on any atom is -0.368 e. The van der Waals surface area contributed by atoms with Gasteiger partial charge in [-0.3, -0.25) is 19.7 Å². The molecule has 0 unspecified atom stereocenters. The van der Waals surface area contributed by atoms with Crippen LogP contribution < -0.4 is 4.90 Å². The number of amides is 2. The number of carbonyl (C=O) groups excluding carboxylic acids is 2. The summed E-state index contributed by atoms with van der Waals surface area (Å²) in [4.78, 5) is 41.9. The Morgan fingerprint density at radius 1 is 1.00 bits per heavy atom. The third-order valence-electron chi connectivity index (χ3n) is 6.54. The van der Waals surface area contributed by atoms with E-state index < -0.39 is 4.92 Å². The summed E-state index contributed by atoms with van der Waals surface area (Å²) in [7, 11) is 0. The number of hydrogen-bond acceptors (Lipinski definition) is 5. The molecule has 1 atom stereocenters. The van der Waals surface area contributed by atoms with Gasteiger partial charge in [-0.1, -0.05) is 19.3 Å². The van der Waals surface area contributed by atoms with Crippen LogP contribution in [0.15, 0.2) is 24.3 Å². The maximum atomic E-state index is 13.0. The molecule has 2 amide bonds. The minimum atomic E-state index is -0.403. The van der Waals surface area contributed by atoms with Crippen molar-refractivity contribution in [3.8, 4) is 0 Å². The number of rotatable bonds is 4. The van der Waals surface area contributed by atoms with Crippen molar-refractivity contribution in [1.29, 1.82) is 0 Å². The Morgan fingerprint density at radius 2 is 1.66 bits per heavy atom. The van der Waals surface area contributed by atoms with Gasteiger partial charge in [-0.2, -0.15) is 0 Å². The first-order chi connectivity index (χ1) is 14.0. The smallest absolute Gasteiger partial charge is 0.269 e. The number of hydrogen-bond donors (Lipinski definition) is 0. The molecule has 1 aromatic carbocycles. The van der Waals surface area contributed by atoms with Crippen LogP contribution in [0.3, 0.4) is 0 Å². The van der Waals surface area contributed by atoms with Crippen LogP contribution in [0.1, 0.15) is 38.5 Å². The highest BCUT2D eigenvalue weighted by molar-refractivity contribution is 5.89. The molecule has 0 N–H and O–H groups in total. The van der Waals surface area contributed by atoms with E-state index in [1.165, 1.54) is 31.4 Å². The van der Waals surface area contributed by atoms with E-state index in [9.17, 15) is 19.7 Å². The van der Waals surface area contributed by atoms with E-state index in [-0.39, 0.29) is 23.4 Å². The van der Waals surface area contributed by atoms with E-state index in [1.54, 1.807) is 12.1 Å². The van der Waals surface area contributed by atoms with Gasteiger partial charge in [0.1, 0.15) is 0 Å².